The van der Waals surface area contributed by atoms with Crippen molar-refractivity contribution in [3.05, 3.63) is 58.3 Å². The monoisotopic (exact) mass is 310 g/mol. The van der Waals surface area contributed by atoms with Crippen LogP contribution in [0.1, 0.15) is 10.4 Å². The van der Waals surface area contributed by atoms with Gasteiger partial charge in [0, 0.05) is 0 Å². The van der Waals surface area contributed by atoms with Gasteiger partial charge in [-0.3, -0.25) is 0 Å². The van der Waals surface area contributed by atoms with Crippen LogP contribution < -0.4 is 4.74 Å². The zero-order valence-electron chi connectivity index (χ0n) is 9.06. The highest BCUT2D eigenvalue weighted by Crippen LogP contribution is 2.26. The van der Waals surface area contributed by atoms with Crippen LogP contribution in [0.5, 0.6) is 11.5 Å². The van der Waals surface area contributed by atoms with Crippen LogP contribution in [0.4, 0.5) is 4.39 Å². The van der Waals surface area contributed by atoms with E-state index in [1.54, 1.807) is 12.1 Å². The average Bonchev–Trinajstić information content (AvgIpc) is 2.34. The van der Waals surface area contributed by atoms with Gasteiger partial charge >= 0.3 is 5.97 Å². The minimum Gasteiger partial charge on any atom is -0.478 e. The van der Waals surface area contributed by atoms with Crippen molar-refractivity contribution in [2.75, 3.05) is 0 Å². The molecule has 0 amide bonds. The number of aromatic carboxylic acids is 1. The normalized spacial score (nSPS) is 10.1. The molecule has 2 rings (SSSR count). The third-order valence-corrected chi connectivity index (χ3v) is 2.82. The maximum atomic E-state index is 13.0. The molecule has 0 aliphatic rings. The molecule has 92 valence electrons. The van der Waals surface area contributed by atoms with Gasteiger partial charge in [0.15, 0.2) is 0 Å². The van der Waals surface area contributed by atoms with E-state index in [1.165, 1.54) is 30.3 Å². The van der Waals surface area contributed by atoms with E-state index in [-0.39, 0.29) is 15.9 Å². The molecule has 0 fully saturated rings. The summed E-state index contributed by atoms with van der Waals surface area (Å²) >= 11 is 3.05. The minimum atomic E-state index is -1.03. The second kappa shape index (κ2) is 5.18. The van der Waals surface area contributed by atoms with Gasteiger partial charge < -0.3 is 9.84 Å². The standard InChI is InChI=1S/C13H8BrFO3/c14-11-7-10(4-5-12(11)15)18-9-3-1-2-8(6-9)13(16)17/h1-7H,(H,16,17). The first-order valence-electron chi connectivity index (χ1n) is 5.02. The van der Waals surface area contributed by atoms with E-state index in [9.17, 15) is 9.18 Å². The Morgan fingerprint density at radius 1 is 1.17 bits per heavy atom. The smallest absolute Gasteiger partial charge is 0.335 e. The first-order valence-corrected chi connectivity index (χ1v) is 5.82. The van der Waals surface area contributed by atoms with Crippen LogP contribution in [0.2, 0.25) is 0 Å². The molecule has 0 radical (unpaired) electrons. The Kier molecular flexibility index (Phi) is 3.62. The molecule has 2 aromatic carbocycles. The molecule has 18 heavy (non-hydrogen) atoms. The van der Waals surface area contributed by atoms with Gasteiger partial charge in [-0.05, 0) is 52.3 Å². The fourth-order valence-corrected chi connectivity index (χ4v) is 1.73. The fourth-order valence-electron chi connectivity index (χ4n) is 1.37. The molecular weight excluding hydrogens is 303 g/mol. The Labute approximate surface area is 111 Å². The zero-order chi connectivity index (χ0) is 13.1. The molecule has 0 saturated carbocycles. The Morgan fingerprint density at radius 3 is 2.56 bits per heavy atom. The van der Waals surface area contributed by atoms with E-state index in [0.29, 0.717) is 11.5 Å². The summed E-state index contributed by atoms with van der Waals surface area (Å²) < 4.78 is 18.8. The van der Waals surface area contributed by atoms with Crippen molar-refractivity contribution in [1.29, 1.82) is 0 Å². The Balaban J connectivity index is 2.25. The van der Waals surface area contributed by atoms with Crippen LogP contribution in [-0.4, -0.2) is 11.1 Å². The minimum absolute atomic E-state index is 0.133. The Morgan fingerprint density at radius 2 is 1.89 bits per heavy atom. The van der Waals surface area contributed by atoms with E-state index >= 15 is 0 Å². The van der Waals surface area contributed by atoms with Crippen LogP contribution in [-0.2, 0) is 0 Å². The highest BCUT2D eigenvalue weighted by Gasteiger charge is 2.06. The van der Waals surface area contributed by atoms with E-state index < -0.39 is 5.97 Å². The number of hydrogen-bond donors (Lipinski definition) is 1. The highest BCUT2D eigenvalue weighted by atomic mass is 79.9. The maximum absolute atomic E-state index is 13.0. The number of ether oxygens (including phenoxy) is 1. The van der Waals surface area contributed by atoms with E-state index in [0.717, 1.165) is 0 Å². The molecule has 1 N–H and O–H groups in total. The quantitative estimate of drug-likeness (QED) is 0.929. The number of benzene rings is 2. The summed E-state index contributed by atoms with van der Waals surface area (Å²) in [5, 5.41) is 8.84. The number of carboxylic acids is 1. The first kappa shape index (κ1) is 12.6. The molecular formula is C13H8BrFO3. The number of carboxylic acid groups (broad SMARTS) is 1. The van der Waals surface area contributed by atoms with Crippen molar-refractivity contribution in [2.24, 2.45) is 0 Å². The van der Waals surface area contributed by atoms with Gasteiger partial charge in [-0.25, -0.2) is 9.18 Å². The average molecular weight is 311 g/mol. The molecule has 2 aromatic rings. The van der Waals surface area contributed by atoms with Crippen LogP contribution in [0.25, 0.3) is 0 Å². The van der Waals surface area contributed by atoms with E-state index in [4.69, 9.17) is 9.84 Å². The van der Waals surface area contributed by atoms with Gasteiger partial charge in [-0.15, -0.1) is 0 Å². The third-order valence-electron chi connectivity index (χ3n) is 2.21. The van der Waals surface area contributed by atoms with Crippen molar-refractivity contribution in [2.45, 2.75) is 0 Å². The Hall–Kier alpha value is -1.88. The van der Waals surface area contributed by atoms with Crippen molar-refractivity contribution in [3.8, 4) is 11.5 Å². The van der Waals surface area contributed by atoms with Crippen LogP contribution in [0.15, 0.2) is 46.9 Å². The predicted octanol–water partition coefficient (Wildman–Crippen LogP) is 4.08. The lowest BCUT2D eigenvalue weighted by atomic mass is 10.2. The second-order valence-corrected chi connectivity index (χ2v) is 4.37. The lowest BCUT2D eigenvalue weighted by Crippen LogP contribution is -1.96. The summed E-state index contributed by atoms with van der Waals surface area (Å²) in [5.74, 6) is -0.610. The summed E-state index contributed by atoms with van der Waals surface area (Å²) in [6.45, 7) is 0. The van der Waals surface area contributed by atoms with E-state index in [2.05, 4.69) is 15.9 Å². The molecule has 0 saturated heterocycles. The van der Waals surface area contributed by atoms with Crippen molar-refractivity contribution in [1.82, 2.24) is 0 Å². The SMILES string of the molecule is O=C(O)c1cccc(Oc2ccc(F)c(Br)c2)c1. The summed E-state index contributed by atoms with van der Waals surface area (Å²) in [7, 11) is 0. The lowest BCUT2D eigenvalue weighted by molar-refractivity contribution is 0.0696. The number of rotatable bonds is 3. The fraction of sp³-hybridized carbons (Fsp3) is 0. The summed E-state index contributed by atoms with van der Waals surface area (Å²) in [5.41, 5.74) is 0.133. The molecule has 0 bridgehead atoms. The van der Waals surface area contributed by atoms with Crippen LogP contribution in [0.3, 0.4) is 0 Å². The van der Waals surface area contributed by atoms with Crippen molar-refractivity contribution < 1.29 is 19.0 Å². The van der Waals surface area contributed by atoms with Crippen molar-refractivity contribution >= 4 is 21.9 Å². The molecule has 0 aromatic heterocycles. The van der Waals surface area contributed by atoms with E-state index in [1.807, 2.05) is 0 Å². The topological polar surface area (TPSA) is 46.5 Å². The third kappa shape index (κ3) is 2.87. The number of carbonyl (C=O) groups is 1. The zero-order valence-corrected chi connectivity index (χ0v) is 10.6. The molecule has 0 aliphatic heterocycles. The van der Waals surface area contributed by atoms with Gasteiger partial charge in [0.05, 0.1) is 10.0 Å². The lowest BCUT2D eigenvalue weighted by Gasteiger charge is -2.07. The largest absolute Gasteiger partial charge is 0.478 e. The van der Waals surface area contributed by atoms with Gasteiger partial charge in [0.1, 0.15) is 17.3 Å². The van der Waals surface area contributed by atoms with Gasteiger partial charge in [-0.1, -0.05) is 6.07 Å². The predicted molar refractivity (Wildman–Crippen MR) is 67.6 cm³/mol. The van der Waals surface area contributed by atoms with Gasteiger partial charge in [0.25, 0.3) is 0 Å². The molecule has 5 heteroatoms. The number of halogens is 2. The van der Waals surface area contributed by atoms with Gasteiger partial charge in [0.2, 0.25) is 0 Å². The second-order valence-electron chi connectivity index (χ2n) is 3.51. The molecule has 0 spiro atoms. The summed E-state index contributed by atoms with van der Waals surface area (Å²) in [6, 6.07) is 10.3. The summed E-state index contributed by atoms with van der Waals surface area (Å²) in [6.07, 6.45) is 0. The molecule has 0 heterocycles. The van der Waals surface area contributed by atoms with Gasteiger partial charge in [-0.2, -0.15) is 0 Å². The first-order chi connectivity index (χ1) is 8.56. The Bertz CT molecular complexity index is 599. The van der Waals surface area contributed by atoms with Crippen LogP contribution >= 0.6 is 15.9 Å². The van der Waals surface area contributed by atoms with Crippen molar-refractivity contribution in [3.63, 3.8) is 0 Å². The molecule has 0 unspecified atom stereocenters. The molecule has 3 nitrogen and oxygen atoms in total. The summed E-state index contributed by atoms with van der Waals surface area (Å²) in [4.78, 5) is 10.8. The van der Waals surface area contributed by atoms with Crippen LogP contribution in [0, 0.1) is 5.82 Å². The molecule has 0 aliphatic carbocycles. The molecule has 0 atom stereocenters. The number of hydrogen-bond acceptors (Lipinski definition) is 2. The highest BCUT2D eigenvalue weighted by molar-refractivity contribution is 9.10. The maximum Gasteiger partial charge on any atom is 0.335 e.